The van der Waals surface area contributed by atoms with Gasteiger partial charge in [-0.3, -0.25) is 4.79 Å². The predicted octanol–water partition coefficient (Wildman–Crippen LogP) is -0.381. The number of aryl methyl sites for hydroxylation is 1. The summed E-state index contributed by atoms with van der Waals surface area (Å²) < 4.78 is 0. The molecule has 1 rings (SSSR count). The molecule has 7 nitrogen and oxygen atoms in total. The highest BCUT2D eigenvalue weighted by atomic mass is 16.1. The minimum atomic E-state index is -0.0181. The molecule has 0 aliphatic rings. The first kappa shape index (κ1) is 12.2. The molecule has 0 aliphatic heterocycles. The van der Waals surface area contributed by atoms with Gasteiger partial charge in [0.1, 0.15) is 17.5 Å². The smallest absolute Gasteiger partial charge is 0.221 e. The maximum atomic E-state index is 11.0. The van der Waals surface area contributed by atoms with Gasteiger partial charge in [-0.05, 0) is 6.92 Å². The molecule has 1 aromatic heterocycles. The highest BCUT2D eigenvalue weighted by molar-refractivity contribution is 5.76. The number of carbonyl (C=O) groups is 1. The summed E-state index contributed by atoms with van der Waals surface area (Å²) in [5.74, 6) is 7.02. The van der Waals surface area contributed by atoms with Crippen LogP contribution in [0.1, 0.15) is 12.2 Å². The number of aromatic nitrogens is 2. The number of amides is 1. The summed E-state index contributed by atoms with van der Waals surface area (Å²) in [5, 5.41) is 5.56. The summed E-state index contributed by atoms with van der Waals surface area (Å²) in [6, 6.07) is 1.68. The lowest BCUT2D eigenvalue weighted by molar-refractivity contribution is -0.120. The van der Waals surface area contributed by atoms with E-state index in [0.29, 0.717) is 30.4 Å². The Labute approximate surface area is 93.8 Å². The Balaban J connectivity index is 2.53. The Morgan fingerprint density at radius 1 is 1.44 bits per heavy atom. The SMILES string of the molecule is CNC(=O)CCNc1cc(NN)nc(C)n1. The second-order valence-electron chi connectivity index (χ2n) is 3.18. The van der Waals surface area contributed by atoms with Gasteiger partial charge in [-0.1, -0.05) is 0 Å². The fraction of sp³-hybridized carbons (Fsp3) is 0.444. The van der Waals surface area contributed by atoms with Crippen molar-refractivity contribution >= 4 is 17.5 Å². The fourth-order valence-electron chi connectivity index (χ4n) is 1.16. The molecule has 1 heterocycles. The molecule has 0 bridgehead atoms. The Bertz CT molecular complexity index is 367. The van der Waals surface area contributed by atoms with Crippen LogP contribution in [0.3, 0.4) is 0 Å². The van der Waals surface area contributed by atoms with Crippen molar-refractivity contribution in [1.82, 2.24) is 15.3 Å². The highest BCUT2D eigenvalue weighted by Crippen LogP contribution is 2.09. The van der Waals surface area contributed by atoms with Crippen molar-refractivity contribution in [2.24, 2.45) is 5.84 Å². The third-order valence-corrected chi connectivity index (χ3v) is 1.92. The van der Waals surface area contributed by atoms with Gasteiger partial charge < -0.3 is 16.1 Å². The van der Waals surface area contributed by atoms with E-state index in [0.717, 1.165) is 0 Å². The zero-order valence-corrected chi connectivity index (χ0v) is 9.37. The zero-order chi connectivity index (χ0) is 12.0. The Morgan fingerprint density at radius 3 is 2.75 bits per heavy atom. The summed E-state index contributed by atoms with van der Waals surface area (Å²) in [6.45, 7) is 2.28. The second-order valence-corrected chi connectivity index (χ2v) is 3.18. The monoisotopic (exact) mass is 224 g/mol. The highest BCUT2D eigenvalue weighted by Gasteiger charge is 2.01. The van der Waals surface area contributed by atoms with Crippen LogP contribution in [-0.4, -0.2) is 29.5 Å². The largest absolute Gasteiger partial charge is 0.369 e. The minimum Gasteiger partial charge on any atom is -0.369 e. The molecule has 0 atom stereocenters. The number of nitrogens with two attached hydrogens (primary N) is 1. The second kappa shape index (κ2) is 5.86. The van der Waals surface area contributed by atoms with Crippen LogP contribution in [0.2, 0.25) is 0 Å². The number of nitrogens with zero attached hydrogens (tertiary/aromatic N) is 2. The first-order chi connectivity index (χ1) is 7.65. The lowest BCUT2D eigenvalue weighted by Gasteiger charge is -2.07. The van der Waals surface area contributed by atoms with Crippen LogP contribution in [-0.2, 0) is 4.79 Å². The van der Waals surface area contributed by atoms with Crippen molar-refractivity contribution in [2.45, 2.75) is 13.3 Å². The number of nitrogens with one attached hydrogen (secondary N) is 3. The summed E-state index contributed by atoms with van der Waals surface area (Å²) in [7, 11) is 1.60. The van der Waals surface area contributed by atoms with E-state index < -0.39 is 0 Å². The van der Waals surface area contributed by atoms with E-state index in [9.17, 15) is 4.79 Å². The number of hydrogen-bond acceptors (Lipinski definition) is 6. The molecular weight excluding hydrogens is 208 g/mol. The molecule has 0 fully saturated rings. The van der Waals surface area contributed by atoms with Crippen molar-refractivity contribution in [3.63, 3.8) is 0 Å². The average Bonchev–Trinajstić information content (AvgIpc) is 2.28. The molecule has 1 amide bonds. The van der Waals surface area contributed by atoms with Gasteiger partial charge in [-0.15, -0.1) is 0 Å². The Kier molecular flexibility index (Phi) is 4.46. The van der Waals surface area contributed by atoms with Gasteiger partial charge in [0.15, 0.2) is 0 Å². The topological polar surface area (TPSA) is 105 Å². The van der Waals surface area contributed by atoms with Crippen molar-refractivity contribution in [2.75, 3.05) is 24.3 Å². The quantitative estimate of drug-likeness (QED) is 0.401. The maximum Gasteiger partial charge on any atom is 0.221 e. The van der Waals surface area contributed by atoms with E-state index in [2.05, 4.69) is 26.0 Å². The van der Waals surface area contributed by atoms with Crippen LogP contribution >= 0.6 is 0 Å². The molecule has 0 saturated heterocycles. The molecule has 0 aromatic carbocycles. The lowest BCUT2D eigenvalue weighted by atomic mass is 10.4. The first-order valence-corrected chi connectivity index (χ1v) is 4.92. The summed E-state index contributed by atoms with van der Waals surface area (Å²) >= 11 is 0. The van der Waals surface area contributed by atoms with E-state index in [1.165, 1.54) is 0 Å². The number of hydrazine groups is 1. The standard InChI is InChI=1S/C9H16N6O/c1-6-13-7(5-8(14-6)15-10)12-4-3-9(16)11-2/h5H,3-4,10H2,1-2H3,(H,11,16)(H2,12,13,14,15). The molecule has 1 aromatic rings. The molecule has 88 valence electrons. The summed E-state index contributed by atoms with van der Waals surface area (Å²) in [5.41, 5.74) is 2.45. The molecular formula is C9H16N6O. The number of hydrogen-bond donors (Lipinski definition) is 4. The third kappa shape index (κ3) is 3.70. The van der Waals surface area contributed by atoms with E-state index in [1.54, 1.807) is 20.0 Å². The van der Waals surface area contributed by atoms with Crippen molar-refractivity contribution in [1.29, 1.82) is 0 Å². The third-order valence-electron chi connectivity index (χ3n) is 1.92. The van der Waals surface area contributed by atoms with Crippen LogP contribution in [0, 0.1) is 6.92 Å². The van der Waals surface area contributed by atoms with E-state index in [-0.39, 0.29) is 5.91 Å². The molecule has 0 aliphatic carbocycles. The first-order valence-electron chi connectivity index (χ1n) is 4.92. The number of anilines is 2. The zero-order valence-electron chi connectivity index (χ0n) is 9.37. The van der Waals surface area contributed by atoms with Crippen molar-refractivity contribution in [3.8, 4) is 0 Å². The summed E-state index contributed by atoms with van der Waals surface area (Å²) in [4.78, 5) is 19.2. The molecule has 0 radical (unpaired) electrons. The maximum absolute atomic E-state index is 11.0. The molecule has 16 heavy (non-hydrogen) atoms. The van der Waals surface area contributed by atoms with Gasteiger partial charge in [-0.2, -0.15) is 0 Å². The van der Waals surface area contributed by atoms with Crippen molar-refractivity contribution in [3.05, 3.63) is 11.9 Å². The molecule has 0 spiro atoms. The van der Waals surface area contributed by atoms with E-state index >= 15 is 0 Å². The van der Waals surface area contributed by atoms with Crippen molar-refractivity contribution < 1.29 is 4.79 Å². The molecule has 0 saturated carbocycles. The normalized spacial score (nSPS) is 9.69. The lowest BCUT2D eigenvalue weighted by Crippen LogP contribution is -2.21. The van der Waals surface area contributed by atoms with Crippen LogP contribution < -0.4 is 21.9 Å². The van der Waals surface area contributed by atoms with Gasteiger partial charge in [0, 0.05) is 26.1 Å². The van der Waals surface area contributed by atoms with Gasteiger partial charge in [0.25, 0.3) is 0 Å². The summed E-state index contributed by atoms with van der Waals surface area (Å²) in [6.07, 6.45) is 0.394. The van der Waals surface area contributed by atoms with Gasteiger partial charge in [0.05, 0.1) is 0 Å². The number of rotatable bonds is 5. The number of carbonyl (C=O) groups excluding carboxylic acids is 1. The molecule has 5 N–H and O–H groups in total. The molecule has 7 heteroatoms. The Hall–Kier alpha value is -1.89. The molecule has 0 unspecified atom stereocenters. The van der Waals surface area contributed by atoms with E-state index in [4.69, 9.17) is 5.84 Å². The number of nitrogen functional groups attached to an aromatic ring is 1. The van der Waals surface area contributed by atoms with E-state index in [1.807, 2.05) is 0 Å². The van der Waals surface area contributed by atoms with Gasteiger partial charge >= 0.3 is 0 Å². The van der Waals surface area contributed by atoms with Crippen LogP contribution in [0.5, 0.6) is 0 Å². The fourth-order valence-corrected chi connectivity index (χ4v) is 1.16. The average molecular weight is 224 g/mol. The van der Waals surface area contributed by atoms with Crippen LogP contribution in [0.4, 0.5) is 11.6 Å². The van der Waals surface area contributed by atoms with Gasteiger partial charge in [0.2, 0.25) is 5.91 Å². The Morgan fingerprint density at radius 2 is 2.12 bits per heavy atom. The van der Waals surface area contributed by atoms with Gasteiger partial charge in [-0.25, -0.2) is 15.8 Å². The van der Waals surface area contributed by atoms with Crippen LogP contribution in [0.25, 0.3) is 0 Å². The van der Waals surface area contributed by atoms with Crippen LogP contribution in [0.15, 0.2) is 6.07 Å². The predicted molar refractivity (Wildman–Crippen MR) is 61.8 cm³/mol. The minimum absolute atomic E-state index is 0.0181.